The molecular weight excluding hydrogens is 454 g/mol. The van der Waals surface area contributed by atoms with Crippen molar-refractivity contribution in [1.29, 1.82) is 0 Å². The van der Waals surface area contributed by atoms with Crippen molar-refractivity contribution in [2.45, 2.75) is 105 Å². The lowest BCUT2D eigenvalue weighted by molar-refractivity contribution is -0.117. The molecule has 0 unspecified atom stereocenters. The van der Waals surface area contributed by atoms with Crippen molar-refractivity contribution in [3.8, 4) is 0 Å². The van der Waals surface area contributed by atoms with E-state index in [1.54, 1.807) is 18.3 Å². The average molecular weight is 504 g/mol. The van der Waals surface area contributed by atoms with Crippen molar-refractivity contribution in [3.63, 3.8) is 0 Å². The summed E-state index contributed by atoms with van der Waals surface area (Å²) >= 11 is 3.75. The van der Waals surface area contributed by atoms with Crippen LogP contribution in [0.5, 0.6) is 0 Å². The van der Waals surface area contributed by atoms with Crippen LogP contribution < -0.4 is 0 Å². The second-order valence-electron chi connectivity index (χ2n) is 11.0. The zero-order valence-electron chi connectivity index (χ0n) is 23.6. The topological polar surface area (TPSA) is 30.0 Å². The highest BCUT2D eigenvalue weighted by atomic mass is 32.2. The molecule has 0 aliphatic rings. The number of Topliss-reactive ketones (excluding diaryl/α,β-unsaturated/α-hetero) is 1. The van der Waals surface area contributed by atoms with Crippen molar-refractivity contribution < 1.29 is 4.79 Å². The first kappa shape index (κ1) is 30.9. The molecule has 0 radical (unpaired) electrons. The van der Waals surface area contributed by atoms with Crippen LogP contribution in [0.4, 0.5) is 0 Å². The number of thiazole rings is 1. The molecule has 0 saturated carbocycles. The van der Waals surface area contributed by atoms with Crippen molar-refractivity contribution >= 4 is 35.0 Å². The fourth-order valence-corrected chi connectivity index (χ4v) is 6.23. The zero-order valence-corrected chi connectivity index (χ0v) is 25.2. The van der Waals surface area contributed by atoms with Crippen LogP contribution in [0.3, 0.4) is 0 Å². The van der Waals surface area contributed by atoms with Crippen LogP contribution in [0.25, 0.3) is 6.08 Å². The summed E-state index contributed by atoms with van der Waals surface area (Å²) in [6.45, 7) is 24.3. The van der Waals surface area contributed by atoms with Crippen LogP contribution in [-0.4, -0.2) is 20.8 Å². The number of aromatic nitrogens is 1. The largest absolute Gasteiger partial charge is 0.300 e. The van der Waals surface area contributed by atoms with Crippen LogP contribution in [-0.2, 0) is 4.79 Å². The van der Waals surface area contributed by atoms with E-state index >= 15 is 0 Å². The number of carbonyl (C=O) groups is 1. The SMILES string of the molecule is CC(=O)C[C@H](C)C(C)(C)S[C@H](C)[C@@H](C)[C@@H](C)/C=C\C/C(C)=C\C[C@H](C)/C(C)=C/c1csc(C)n1. The second-order valence-corrected chi connectivity index (χ2v) is 14.0. The highest BCUT2D eigenvalue weighted by molar-refractivity contribution is 8.01. The van der Waals surface area contributed by atoms with Gasteiger partial charge in [-0.3, -0.25) is 0 Å². The van der Waals surface area contributed by atoms with Gasteiger partial charge in [-0.15, -0.1) is 11.3 Å². The summed E-state index contributed by atoms with van der Waals surface area (Å²) in [5, 5.41) is 3.79. The van der Waals surface area contributed by atoms with Crippen molar-refractivity contribution in [3.05, 3.63) is 45.5 Å². The summed E-state index contributed by atoms with van der Waals surface area (Å²) in [6, 6.07) is 0. The Labute approximate surface area is 218 Å². The lowest BCUT2D eigenvalue weighted by atomic mass is 9.91. The maximum absolute atomic E-state index is 11.6. The molecule has 1 rings (SSSR count). The van der Waals surface area contributed by atoms with Gasteiger partial charge in [-0.1, -0.05) is 77.8 Å². The zero-order chi connectivity index (χ0) is 26.1. The number of aryl methyl sites for hydroxylation is 1. The Bertz CT molecular complexity index is 861. The molecule has 192 valence electrons. The van der Waals surface area contributed by atoms with Crippen molar-refractivity contribution in [2.75, 3.05) is 0 Å². The fraction of sp³-hybridized carbons (Fsp3) is 0.667. The Morgan fingerprint density at radius 1 is 1.15 bits per heavy atom. The van der Waals surface area contributed by atoms with Gasteiger partial charge < -0.3 is 4.79 Å². The Morgan fingerprint density at radius 3 is 2.35 bits per heavy atom. The number of carbonyl (C=O) groups excluding carboxylic acids is 1. The Kier molecular flexibility index (Phi) is 13.1. The van der Waals surface area contributed by atoms with E-state index in [1.165, 1.54) is 11.1 Å². The summed E-state index contributed by atoms with van der Waals surface area (Å²) in [5.74, 6) is 2.30. The van der Waals surface area contributed by atoms with Crippen LogP contribution in [0.15, 0.2) is 34.8 Å². The predicted octanol–water partition coefficient (Wildman–Crippen LogP) is 9.56. The standard InChI is InChI=1S/C30H49NOS2/c1-20(15-16-21(2)23(4)17-29-19-33-28(9)31-29)13-12-14-22(3)26(7)27(8)34-30(10,11)24(5)18-25(6)32/h12,14-15,17,19,21-22,24,26-27H,13,16,18H2,1-11H3/b14-12-,20-15-,23-17+/t21-,22-,24-,26-,27+/m0/s1. The molecule has 0 spiro atoms. The third kappa shape index (κ3) is 11.1. The van der Waals surface area contributed by atoms with Gasteiger partial charge >= 0.3 is 0 Å². The van der Waals surface area contributed by atoms with Crippen molar-refractivity contribution in [2.24, 2.45) is 23.7 Å². The minimum absolute atomic E-state index is 0.101. The molecule has 1 aromatic heterocycles. The minimum Gasteiger partial charge on any atom is -0.300 e. The first-order valence-electron chi connectivity index (χ1n) is 12.8. The van der Waals surface area contributed by atoms with Gasteiger partial charge in [-0.25, -0.2) is 4.98 Å². The number of rotatable bonds is 14. The van der Waals surface area contributed by atoms with Crippen LogP contribution in [0.1, 0.15) is 99.2 Å². The lowest BCUT2D eigenvalue weighted by Crippen LogP contribution is -2.31. The van der Waals surface area contributed by atoms with E-state index in [2.05, 4.69) is 104 Å². The number of nitrogens with zero attached hydrogens (tertiary/aromatic N) is 1. The third-order valence-corrected chi connectivity index (χ3v) is 9.93. The fourth-order valence-electron chi connectivity index (χ4n) is 3.92. The molecule has 1 aromatic rings. The van der Waals surface area contributed by atoms with Gasteiger partial charge in [0.2, 0.25) is 0 Å². The summed E-state index contributed by atoms with van der Waals surface area (Å²) < 4.78 is 0.101. The highest BCUT2D eigenvalue weighted by Crippen LogP contribution is 2.41. The third-order valence-electron chi connectivity index (χ3n) is 7.33. The second kappa shape index (κ2) is 14.4. The number of ketones is 1. The van der Waals surface area contributed by atoms with Gasteiger partial charge in [-0.05, 0) is 70.3 Å². The molecular formula is C30H49NOS2. The Morgan fingerprint density at radius 2 is 1.79 bits per heavy atom. The lowest BCUT2D eigenvalue weighted by Gasteiger charge is -2.36. The van der Waals surface area contributed by atoms with E-state index < -0.39 is 0 Å². The maximum Gasteiger partial charge on any atom is 0.130 e. The number of hydrogen-bond donors (Lipinski definition) is 0. The highest BCUT2D eigenvalue weighted by Gasteiger charge is 2.31. The molecule has 34 heavy (non-hydrogen) atoms. The Balaban J connectivity index is 2.55. The Hall–Kier alpha value is -1.13. The molecule has 2 nitrogen and oxygen atoms in total. The minimum atomic E-state index is 0.101. The van der Waals surface area contributed by atoms with Gasteiger partial charge in [-0.2, -0.15) is 11.8 Å². The van der Waals surface area contributed by atoms with Crippen LogP contribution >= 0.6 is 23.1 Å². The molecule has 0 aromatic carbocycles. The van der Waals surface area contributed by atoms with Gasteiger partial charge in [0, 0.05) is 21.8 Å². The number of hydrogen-bond acceptors (Lipinski definition) is 4. The monoisotopic (exact) mass is 503 g/mol. The molecule has 0 aliphatic heterocycles. The van der Waals surface area contributed by atoms with Crippen LogP contribution in [0, 0.1) is 30.6 Å². The van der Waals surface area contributed by atoms with E-state index in [1.807, 2.05) is 11.8 Å². The quantitative estimate of drug-likeness (QED) is 0.237. The molecule has 1 heterocycles. The summed E-state index contributed by atoms with van der Waals surface area (Å²) in [7, 11) is 0. The van der Waals surface area contributed by atoms with E-state index in [9.17, 15) is 4.79 Å². The number of allylic oxidation sites excluding steroid dienone is 5. The molecule has 0 amide bonds. The molecule has 0 bridgehead atoms. The first-order valence-corrected chi connectivity index (χ1v) is 14.6. The normalized spacial score (nSPS) is 18.1. The summed E-state index contributed by atoms with van der Waals surface area (Å²) in [6.07, 6.45) is 12.1. The molecule has 5 atom stereocenters. The van der Waals surface area contributed by atoms with Crippen molar-refractivity contribution in [1.82, 2.24) is 4.98 Å². The first-order chi connectivity index (χ1) is 15.7. The molecule has 0 saturated heterocycles. The summed E-state index contributed by atoms with van der Waals surface area (Å²) in [4.78, 5) is 16.1. The molecule has 0 fully saturated rings. The van der Waals surface area contributed by atoms with E-state index in [0.717, 1.165) is 23.5 Å². The van der Waals surface area contributed by atoms with E-state index in [4.69, 9.17) is 0 Å². The smallest absolute Gasteiger partial charge is 0.130 e. The molecule has 0 aliphatic carbocycles. The predicted molar refractivity (Wildman–Crippen MR) is 156 cm³/mol. The van der Waals surface area contributed by atoms with Gasteiger partial charge in [0.25, 0.3) is 0 Å². The number of thioether (sulfide) groups is 1. The summed E-state index contributed by atoms with van der Waals surface area (Å²) in [5.41, 5.74) is 3.91. The van der Waals surface area contributed by atoms with E-state index in [0.29, 0.717) is 35.3 Å². The van der Waals surface area contributed by atoms with Crippen LogP contribution in [0.2, 0.25) is 0 Å². The van der Waals surface area contributed by atoms with Gasteiger partial charge in [0.1, 0.15) is 5.78 Å². The molecule has 0 N–H and O–H groups in total. The van der Waals surface area contributed by atoms with Gasteiger partial charge in [0.05, 0.1) is 10.7 Å². The average Bonchev–Trinajstić information content (AvgIpc) is 3.14. The molecule has 4 heteroatoms. The maximum atomic E-state index is 11.6. The van der Waals surface area contributed by atoms with E-state index in [-0.39, 0.29) is 10.5 Å². The van der Waals surface area contributed by atoms with Gasteiger partial charge in [0.15, 0.2) is 0 Å².